The van der Waals surface area contributed by atoms with E-state index in [1.54, 1.807) is 0 Å². The van der Waals surface area contributed by atoms with E-state index in [0.29, 0.717) is 6.54 Å². The van der Waals surface area contributed by atoms with Crippen molar-refractivity contribution < 1.29 is 0 Å². The number of benzene rings is 1. The van der Waals surface area contributed by atoms with Crippen LogP contribution in [-0.2, 0) is 6.54 Å². The van der Waals surface area contributed by atoms with E-state index in [0.717, 1.165) is 18.1 Å². The lowest BCUT2D eigenvalue weighted by molar-refractivity contribution is 0.363. The van der Waals surface area contributed by atoms with E-state index in [1.807, 2.05) is 24.3 Å². The van der Waals surface area contributed by atoms with Gasteiger partial charge in [0.25, 0.3) is 0 Å². The predicted molar refractivity (Wildman–Crippen MR) is 66.0 cm³/mol. The minimum atomic E-state index is 0.602. The molecule has 1 rings (SSSR count). The third-order valence-electron chi connectivity index (χ3n) is 2.06. The Balaban J connectivity index is 2.44. The maximum Gasteiger partial charge on any atom is 0.0409 e. The molecule has 0 aliphatic rings. The molecule has 0 spiro atoms. The van der Waals surface area contributed by atoms with Gasteiger partial charge in [-0.1, -0.05) is 35.9 Å². The Morgan fingerprint density at radius 2 is 2.20 bits per heavy atom. The lowest BCUT2D eigenvalue weighted by Gasteiger charge is -2.14. The first-order chi connectivity index (χ1) is 7.22. The van der Waals surface area contributed by atoms with Crippen LogP contribution in [0.4, 0.5) is 0 Å². The maximum atomic E-state index is 5.91. The first-order valence-electron chi connectivity index (χ1n) is 5.00. The average molecular weight is 225 g/mol. The second kappa shape index (κ2) is 6.62. The molecule has 0 aliphatic carbocycles. The summed E-state index contributed by atoms with van der Waals surface area (Å²) in [7, 11) is 2.07. The summed E-state index contributed by atoms with van der Waals surface area (Å²) in [5.41, 5.74) is 6.59. The van der Waals surface area contributed by atoms with Gasteiger partial charge in [-0.25, -0.2) is 0 Å². The predicted octanol–water partition coefficient (Wildman–Crippen LogP) is 2.29. The Hall–Kier alpha value is -0.830. The molecule has 2 N–H and O–H groups in total. The summed E-state index contributed by atoms with van der Waals surface area (Å²) in [5, 5.41) is 0.790. The average Bonchev–Trinajstić information content (AvgIpc) is 2.18. The molecule has 0 amide bonds. The Bertz CT molecular complexity index is 323. The van der Waals surface area contributed by atoms with Gasteiger partial charge < -0.3 is 5.73 Å². The fraction of sp³-hybridized carbons (Fsp3) is 0.333. The summed E-state index contributed by atoms with van der Waals surface area (Å²) in [6, 6.07) is 7.93. The Morgan fingerprint density at radius 1 is 1.40 bits per heavy atom. The van der Waals surface area contributed by atoms with E-state index in [4.69, 9.17) is 17.3 Å². The molecule has 1 aromatic carbocycles. The molecule has 0 unspecified atom stereocenters. The van der Waals surface area contributed by atoms with Crippen molar-refractivity contribution in [3.05, 3.63) is 47.0 Å². The van der Waals surface area contributed by atoms with Gasteiger partial charge in [0.2, 0.25) is 0 Å². The molecule has 82 valence electrons. The lowest BCUT2D eigenvalue weighted by Crippen LogP contribution is -2.17. The minimum absolute atomic E-state index is 0.602. The number of halogens is 1. The molecule has 0 bridgehead atoms. The van der Waals surface area contributed by atoms with Crippen LogP contribution in [0.15, 0.2) is 36.4 Å². The number of hydrogen-bond donors (Lipinski definition) is 1. The van der Waals surface area contributed by atoms with Crippen molar-refractivity contribution in [3.63, 3.8) is 0 Å². The van der Waals surface area contributed by atoms with E-state index in [-0.39, 0.29) is 0 Å². The zero-order chi connectivity index (χ0) is 11.1. The molecular weight excluding hydrogens is 208 g/mol. The van der Waals surface area contributed by atoms with Crippen molar-refractivity contribution in [2.45, 2.75) is 6.54 Å². The largest absolute Gasteiger partial charge is 0.327 e. The summed E-state index contributed by atoms with van der Waals surface area (Å²) in [6.07, 6.45) is 4.04. The number of nitrogens with two attached hydrogens (primary N) is 1. The van der Waals surface area contributed by atoms with E-state index in [2.05, 4.69) is 24.1 Å². The van der Waals surface area contributed by atoms with Gasteiger partial charge in [0.15, 0.2) is 0 Å². The van der Waals surface area contributed by atoms with Gasteiger partial charge in [0, 0.05) is 24.7 Å². The quantitative estimate of drug-likeness (QED) is 0.778. The highest BCUT2D eigenvalue weighted by Crippen LogP contribution is 2.11. The van der Waals surface area contributed by atoms with Gasteiger partial charge in [-0.2, -0.15) is 0 Å². The molecule has 0 aliphatic heterocycles. The van der Waals surface area contributed by atoms with Crippen molar-refractivity contribution in [1.82, 2.24) is 4.90 Å². The highest BCUT2D eigenvalue weighted by atomic mass is 35.5. The monoisotopic (exact) mass is 224 g/mol. The Kier molecular flexibility index (Phi) is 5.40. The third kappa shape index (κ3) is 4.98. The molecular formula is C12H17ClN2. The number of hydrogen-bond acceptors (Lipinski definition) is 2. The van der Waals surface area contributed by atoms with Crippen LogP contribution >= 0.6 is 11.6 Å². The Morgan fingerprint density at radius 3 is 2.87 bits per heavy atom. The molecule has 0 atom stereocenters. The fourth-order valence-corrected chi connectivity index (χ4v) is 1.58. The van der Waals surface area contributed by atoms with Gasteiger partial charge in [-0.05, 0) is 24.7 Å². The van der Waals surface area contributed by atoms with Crippen LogP contribution in [0.1, 0.15) is 5.56 Å². The van der Waals surface area contributed by atoms with Crippen LogP contribution in [0.5, 0.6) is 0 Å². The Labute approximate surface area is 96.3 Å². The smallest absolute Gasteiger partial charge is 0.0409 e. The first kappa shape index (κ1) is 12.2. The first-order valence-corrected chi connectivity index (χ1v) is 5.38. The van der Waals surface area contributed by atoms with Crippen molar-refractivity contribution >= 4 is 11.6 Å². The van der Waals surface area contributed by atoms with E-state index < -0.39 is 0 Å². The van der Waals surface area contributed by atoms with Crippen molar-refractivity contribution in [2.24, 2.45) is 5.73 Å². The molecule has 0 fully saturated rings. The standard InChI is InChI=1S/C12H17ClN2/c1-15(8-3-2-7-14)10-11-5-4-6-12(13)9-11/h2-6,9H,7-8,10,14H2,1H3. The van der Waals surface area contributed by atoms with E-state index in [1.165, 1.54) is 5.56 Å². The van der Waals surface area contributed by atoms with Crippen molar-refractivity contribution in [3.8, 4) is 0 Å². The highest BCUT2D eigenvalue weighted by Gasteiger charge is 1.98. The van der Waals surface area contributed by atoms with Crippen LogP contribution in [0.2, 0.25) is 5.02 Å². The zero-order valence-electron chi connectivity index (χ0n) is 8.99. The van der Waals surface area contributed by atoms with Crippen LogP contribution in [0, 0.1) is 0 Å². The zero-order valence-corrected chi connectivity index (χ0v) is 9.74. The molecule has 15 heavy (non-hydrogen) atoms. The van der Waals surface area contributed by atoms with Crippen LogP contribution in [0.3, 0.4) is 0 Å². The molecule has 0 aromatic heterocycles. The SMILES string of the molecule is CN(CC=CCN)Cc1cccc(Cl)c1. The second-order valence-electron chi connectivity index (χ2n) is 3.53. The minimum Gasteiger partial charge on any atom is -0.327 e. The van der Waals surface area contributed by atoms with E-state index in [9.17, 15) is 0 Å². The number of likely N-dealkylation sites (N-methyl/N-ethyl adjacent to an activating group) is 1. The summed E-state index contributed by atoms with van der Waals surface area (Å²) >= 11 is 5.91. The number of nitrogens with zero attached hydrogens (tertiary/aromatic N) is 1. The van der Waals surface area contributed by atoms with Crippen molar-refractivity contribution in [2.75, 3.05) is 20.1 Å². The fourth-order valence-electron chi connectivity index (χ4n) is 1.36. The lowest BCUT2D eigenvalue weighted by atomic mass is 10.2. The van der Waals surface area contributed by atoms with Crippen LogP contribution in [0.25, 0.3) is 0 Å². The molecule has 0 radical (unpaired) electrons. The molecule has 0 saturated carbocycles. The van der Waals surface area contributed by atoms with Gasteiger partial charge in [0.05, 0.1) is 0 Å². The summed E-state index contributed by atoms with van der Waals surface area (Å²) in [6.45, 7) is 2.41. The van der Waals surface area contributed by atoms with Crippen LogP contribution < -0.4 is 5.73 Å². The summed E-state index contributed by atoms with van der Waals surface area (Å²) in [5.74, 6) is 0. The third-order valence-corrected chi connectivity index (χ3v) is 2.30. The van der Waals surface area contributed by atoms with Gasteiger partial charge in [-0.3, -0.25) is 4.90 Å². The van der Waals surface area contributed by atoms with Gasteiger partial charge in [0.1, 0.15) is 0 Å². The maximum absolute atomic E-state index is 5.91. The molecule has 3 heteroatoms. The molecule has 1 aromatic rings. The molecule has 0 saturated heterocycles. The molecule has 0 heterocycles. The van der Waals surface area contributed by atoms with Crippen LogP contribution in [-0.4, -0.2) is 25.0 Å². The van der Waals surface area contributed by atoms with Crippen molar-refractivity contribution in [1.29, 1.82) is 0 Å². The normalized spacial score (nSPS) is 11.5. The number of rotatable bonds is 5. The van der Waals surface area contributed by atoms with Gasteiger partial charge >= 0.3 is 0 Å². The summed E-state index contributed by atoms with van der Waals surface area (Å²) < 4.78 is 0. The summed E-state index contributed by atoms with van der Waals surface area (Å²) in [4.78, 5) is 2.21. The van der Waals surface area contributed by atoms with E-state index >= 15 is 0 Å². The van der Waals surface area contributed by atoms with Gasteiger partial charge in [-0.15, -0.1) is 0 Å². The molecule has 2 nitrogen and oxygen atoms in total. The second-order valence-corrected chi connectivity index (χ2v) is 3.97. The topological polar surface area (TPSA) is 29.3 Å². The highest BCUT2D eigenvalue weighted by molar-refractivity contribution is 6.30.